The lowest BCUT2D eigenvalue weighted by Gasteiger charge is -2.33. The third-order valence-electron chi connectivity index (χ3n) is 6.00. The van der Waals surface area contributed by atoms with E-state index in [1.54, 1.807) is 11.3 Å². The third-order valence-corrected chi connectivity index (χ3v) is 7.26. The van der Waals surface area contributed by atoms with Crippen LogP contribution in [0.25, 0.3) is 11.3 Å². The molecule has 0 amide bonds. The minimum atomic E-state index is 0.312. The summed E-state index contributed by atoms with van der Waals surface area (Å²) < 4.78 is 0.881. The van der Waals surface area contributed by atoms with Crippen molar-refractivity contribution in [3.05, 3.63) is 104 Å². The van der Waals surface area contributed by atoms with Gasteiger partial charge in [-0.3, -0.25) is 0 Å². The van der Waals surface area contributed by atoms with Gasteiger partial charge in [0.1, 0.15) is 0 Å². The number of rotatable bonds is 2. The fourth-order valence-corrected chi connectivity index (χ4v) is 6.00. The maximum Gasteiger partial charge on any atom is 0.0934 e. The molecule has 2 nitrogen and oxygen atoms in total. The monoisotopic (exact) mass is 418 g/mol. The average Bonchev–Trinajstić information content (AvgIpc) is 3.10. The summed E-state index contributed by atoms with van der Waals surface area (Å²) in [6.07, 6.45) is 2.22. The molecule has 0 saturated carbocycles. The summed E-state index contributed by atoms with van der Waals surface area (Å²) in [5, 5.41) is 0. The number of fused-ring (bicyclic) bond motifs is 2. The van der Waals surface area contributed by atoms with Gasteiger partial charge in [0, 0.05) is 54.0 Å². The molecule has 1 aromatic heterocycles. The molecule has 5 rings (SSSR count). The van der Waals surface area contributed by atoms with Crippen molar-refractivity contribution in [1.82, 2.24) is 9.80 Å². The molecule has 0 fully saturated rings. The molecule has 1 unspecified atom stereocenters. The van der Waals surface area contributed by atoms with Crippen molar-refractivity contribution in [3.63, 3.8) is 0 Å². The number of benzene rings is 2. The standard InChI is InChI=1S/C25H23ClN2S/c1-16-17-8-4-5-9-18(17)23(14-28(16)3)20-11-7-6-10-19(20)22-13-27(2)15-24-21(22)12-25(26)29-24/h4-12,14,22H,1,13,15H2,2-3H3. The van der Waals surface area contributed by atoms with Gasteiger partial charge in [0.25, 0.3) is 0 Å². The van der Waals surface area contributed by atoms with Crippen molar-refractivity contribution < 1.29 is 0 Å². The number of thiophene rings is 1. The van der Waals surface area contributed by atoms with Gasteiger partial charge >= 0.3 is 0 Å². The van der Waals surface area contributed by atoms with E-state index >= 15 is 0 Å². The fraction of sp³-hybridized carbons (Fsp3) is 0.200. The quantitative estimate of drug-likeness (QED) is 0.483. The number of hydrogen-bond acceptors (Lipinski definition) is 3. The second kappa shape index (κ2) is 7.17. The Morgan fingerprint density at radius 1 is 0.966 bits per heavy atom. The van der Waals surface area contributed by atoms with E-state index in [1.165, 1.54) is 38.3 Å². The van der Waals surface area contributed by atoms with Crippen molar-refractivity contribution in [3.8, 4) is 0 Å². The Hall–Kier alpha value is -2.33. The van der Waals surface area contributed by atoms with Gasteiger partial charge in [-0.15, -0.1) is 11.3 Å². The summed E-state index contributed by atoms with van der Waals surface area (Å²) in [6, 6.07) is 19.6. The van der Waals surface area contributed by atoms with Crippen LogP contribution in [-0.4, -0.2) is 30.4 Å². The van der Waals surface area contributed by atoms with Gasteiger partial charge < -0.3 is 9.80 Å². The molecule has 2 aliphatic heterocycles. The average molecular weight is 419 g/mol. The molecule has 1 atom stereocenters. The molecule has 0 bridgehead atoms. The largest absolute Gasteiger partial charge is 0.350 e. The predicted molar refractivity (Wildman–Crippen MR) is 124 cm³/mol. The number of hydrogen-bond donors (Lipinski definition) is 0. The molecule has 146 valence electrons. The van der Waals surface area contributed by atoms with E-state index < -0.39 is 0 Å². The van der Waals surface area contributed by atoms with E-state index in [-0.39, 0.29) is 0 Å². The van der Waals surface area contributed by atoms with E-state index in [9.17, 15) is 0 Å². The molecular formula is C25H23ClN2S. The Bertz CT molecular complexity index is 1140. The Morgan fingerprint density at radius 2 is 1.66 bits per heavy atom. The first-order valence-electron chi connectivity index (χ1n) is 9.82. The summed E-state index contributed by atoms with van der Waals surface area (Å²) in [7, 11) is 4.27. The summed E-state index contributed by atoms with van der Waals surface area (Å²) >= 11 is 8.13. The van der Waals surface area contributed by atoms with Crippen molar-refractivity contribution in [2.75, 3.05) is 20.6 Å². The predicted octanol–water partition coefficient (Wildman–Crippen LogP) is 6.28. The summed E-state index contributed by atoms with van der Waals surface area (Å²) in [5.41, 5.74) is 8.75. The number of halogens is 1. The van der Waals surface area contributed by atoms with E-state index in [4.69, 9.17) is 11.6 Å². The van der Waals surface area contributed by atoms with Crippen molar-refractivity contribution in [2.45, 2.75) is 12.5 Å². The smallest absolute Gasteiger partial charge is 0.0934 e. The minimum Gasteiger partial charge on any atom is -0.350 e. The van der Waals surface area contributed by atoms with Gasteiger partial charge in [-0.2, -0.15) is 0 Å². The molecule has 0 aliphatic carbocycles. The fourth-order valence-electron chi connectivity index (χ4n) is 4.57. The second-order valence-electron chi connectivity index (χ2n) is 7.91. The Morgan fingerprint density at radius 3 is 2.45 bits per heavy atom. The van der Waals surface area contributed by atoms with Crippen LogP contribution in [0, 0.1) is 0 Å². The minimum absolute atomic E-state index is 0.312. The molecule has 3 aromatic rings. The van der Waals surface area contributed by atoms with Crippen LogP contribution >= 0.6 is 22.9 Å². The zero-order valence-electron chi connectivity index (χ0n) is 16.7. The Balaban J connectivity index is 1.69. The van der Waals surface area contributed by atoms with Gasteiger partial charge in [0.2, 0.25) is 0 Å². The van der Waals surface area contributed by atoms with Crippen LogP contribution in [0.1, 0.15) is 38.6 Å². The van der Waals surface area contributed by atoms with Crippen LogP contribution in [0.2, 0.25) is 4.34 Å². The van der Waals surface area contributed by atoms with E-state index in [0.29, 0.717) is 5.92 Å². The van der Waals surface area contributed by atoms with Gasteiger partial charge in [-0.25, -0.2) is 0 Å². The van der Waals surface area contributed by atoms with Crippen LogP contribution in [0.5, 0.6) is 0 Å². The van der Waals surface area contributed by atoms with E-state index in [2.05, 4.69) is 91.3 Å². The lowest BCUT2D eigenvalue weighted by Crippen LogP contribution is -2.30. The summed E-state index contributed by atoms with van der Waals surface area (Å²) in [5.74, 6) is 0.312. The molecule has 2 aromatic carbocycles. The van der Waals surface area contributed by atoms with Gasteiger partial charge in [0.05, 0.1) is 4.34 Å². The molecule has 0 N–H and O–H groups in total. The van der Waals surface area contributed by atoms with Gasteiger partial charge in [-0.1, -0.05) is 66.7 Å². The van der Waals surface area contributed by atoms with Crippen molar-refractivity contribution in [2.24, 2.45) is 0 Å². The van der Waals surface area contributed by atoms with Crippen molar-refractivity contribution >= 4 is 34.2 Å². The molecular weight excluding hydrogens is 396 g/mol. The number of nitrogens with zero attached hydrogens (tertiary/aromatic N) is 2. The van der Waals surface area contributed by atoms with Crippen LogP contribution < -0.4 is 0 Å². The van der Waals surface area contributed by atoms with E-state index in [1.807, 2.05) is 0 Å². The van der Waals surface area contributed by atoms with Crippen LogP contribution in [0.3, 0.4) is 0 Å². The highest BCUT2D eigenvalue weighted by Crippen LogP contribution is 2.44. The first kappa shape index (κ1) is 18.7. The lowest BCUT2D eigenvalue weighted by molar-refractivity contribution is 0.299. The SMILES string of the molecule is C=C1c2ccccc2C(c2ccccc2C2CN(C)Cc3sc(Cl)cc32)=CN1C. The Labute approximate surface area is 181 Å². The van der Waals surface area contributed by atoms with Crippen LogP contribution in [-0.2, 0) is 6.54 Å². The molecule has 0 radical (unpaired) electrons. The zero-order valence-corrected chi connectivity index (χ0v) is 18.2. The van der Waals surface area contributed by atoms with Crippen LogP contribution in [0.15, 0.2) is 67.4 Å². The molecule has 0 spiro atoms. The maximum absolute atomic E-state index is 6.41. The van der Waals surface area contributed by atoms with Gasteiger partial charge in [-0.05, 0) is 35.4 Å². The Kier molecular flexibility index (Phi) is 4.62. The zero-order chi connectivity index (χ0) is 20.1. The van der Waals surface area contributed by atoms with E-state index in [0.717, 1.165) is 23.1 Å². The molecule has 29 heavy (non-hydrogen) atoms. The summed E-state index contributed by atoms with van der Waals surface area (Å²) in [4.78, 5) is 5.91. The summed E-state index contributed by atoms with van der Waals surface area (Å²) in [6.45, 7) is 6.25. The maximum atomic E-state index is 6.41. The first-order valence-corrected chi connectivity index (χ1v) is 11.0. The first-order chi connectivity index (χ1) is 14.0. The molecule has 0 saturated heterocycles. The number of likely N-dealkylation sites (N-methyl/N-ethyl adjacent to an activating group) is 1. The molecule has 4 heteroatoms. The van der Waals surface area contributed by atoms with Gasteiger partial charge in [0.15, 0.2) is 0 Å². The highest BCUT2D eigenvalue weighted by molar-refractivity contribution is 7.16. The normalized spacial score (nSPS) is 19.0. The van der Waals surface area contributed by atoms with Crippen LogP contribution in [0.4, 0.5) is 0 Å². The molecule has 3 heterocycles. The molecule has 2 aliphatic rings. The highest BCUT2D eigenvalue weighted by Gasteiger charge is 2.30. The topological polar surface area (TPSA) is 6.48 Å². The lowest BCUT2D eigenvalue weighted by atomic mass is 9.81. The highest BCUT2D eigenvalue weighted by atomic mass is 35.5. The third kappa shape index (κ3) is 3.14. The van der Waals surface area contributed by atoms with Crippen molar-refractivity contribution in [1.29, 1.82) is 0 Å². The second-order valence-corrected chi connectivity index (χ2v) is 9.68.